The van der Waals surface area contributed by atoms with Gasteiger partial charge in [-0.2, -0.15) is 5.10 Å². The second-order valence-corrected chi connectivity index (χ2v) is 4.91. The molecule has 0 aliphatic carbocycles. The standard InChI is InChI=1S/C13H23N5.HI/c1-17-11-12(10-16-17)6-5-7-15-13(14)18-8-3-2-4-9-18;/h10-11H,2-9H2,1H3,(H2,14,15);1H. The van der Waals surface area contributed by atoms with E-state index in [9.17, 15) is 0 Å². The van der Waals surface area contributed by atoms with Crippen LogP contribution in [0.5, 0.6) is 0 Å². The molecule has 0 unspecified atom stereocenters. The van der Waals surface area contributed by atoms with Gasteiger partial charge in [0.1, 0.15) is 0 Å². The topological polar surface area (TPSA) is 59.4 Å². The number of piperidine rings is 1. The minimum atomic E-state index is 0. The summed E-state index contributed by atoms with van der Waals surface area (Å²) in [4.78, 5) is 6.66. The molecule has 0 amide bonds. The van der Waals surface area contributed by atoms with Gasteiger partial charge in [-0.3, -0.25) is 9.67 Å². The van der Waals surface area contributed by atoms with Gasteiger partial charge in [-0.25, -0.2) is 0 Å². The van der Waals surface area contributed by atoms with E-state index in [1.807, 2.05) is 17.9 Å². The molecule has 0 saturated carbocycles. The van der Waals surface area contributed by atoms with Crippen LogP contribution < -0.4 is 5.73 Å². The Balaban J connectivity index is 0.00000180. The maximum atomic E-state index is 5.99. The number of guanidine groups is 1. The number of hydrogen-bond acceptors (Lipinski definition) is 2. The number of likely N-dealkylation sites (tertiary alicyclic amines) is 1. The van der Waals surface area contributed by atoms with Gasteiger partial charge >= 0.3 is 0 Å². The van der Waals surface area contributed by atoms with E-state index in [-0.39, 0.29) is 24.0 Å². The van der Waals surface area contributed by atoms with Crippen LogP contribution in [-0.4, -0.2) is 40.3 Å². The minimum Gasteiger partial charge on any atom is -0.370 e. The summed E-state index contributed by atoms with van der Waals surface area (Å²) in [7, 11) is 1.94. The van der Waals surface area contributed by atoms with Gasteiger partial charge in [0.05, 0.1) is 6.20 Å². The van der Waals surface area contributed by atoms with Crippen molar-refractivity contribution < 1.29 is 0 Å². The Labute approximate surface area is 132 Å². The second-order valence-electron chi connectivity index (χ2n) is 4.91. The third kappa shape index (κ3) is 5.38. The molecule has 2 rings (SSSR count). The van der Waals surface area contributed by atoms with Crippen LogP contribution in [0.3, 0.4) is 0 Å². The fourth-order valence-electron chi connectivity index (χ4n) is 2.30. The van der Waals surface area contributed by atoms with E-state index in [1.165, 1.54) is 24.8 Å². The van der Waals surface area contributed by atoms with Gasteiger partial charge in [0, 0.05) is 32.9 Å². The molecule has 0 aromatic carbocycles. The van der Waals surface area contributed by atoms with E-state index >= 15 is 0 Å². The third-order valence-electron chi connectivity index (χ3n) is 3.34. The van der Waals surface area contributed by atoms with Gasteiger partial charge in [-0.05, 0) is 37.7 Å². The van der Waals surface area contributed by atoms with E-state index < -0.39 is 0 Å². The number of halogens is 1. The normalized spacial score (nSPS) is 16.3. The average Bonchev–Trinajstić information content (AvgIpc) is 2.81. The van der Waals surface area contributed by atoms with Crippen molar-refractivity contribution in [2.24, 2.45) is 17.8 Å². The fraction of sp³-hybridized carbons (Fsp3) is 0.692. The lowest BCUT2D eigenvalue weighted by atomic mass is 10.1. The molecular weight excluding hydrogens is 353 g/mol. The van der Waals surface area contributed by atoms with Gasteiger partial charge in [-0.1, -0.05) is 0 Å². The minimum absolute atomic E-state index is 0. The van der Waals surface area contributed by atoms with Crippen molar-refractivity contribution in [2.45, 2.75) is 32.1 Å². The zero-order valence-corrected chi connectivity index (χ0v) is 13.9. The predicted molar refractivity (Wildman–Crippen MR) is 88.9 cm³/mol. The summed E-state index contributed by atoms with van der Waals surface area (Å²) >= 11 is 0. The molecule has 5 nitrogen and oxygen atoms in total. The first kappa shape index (κ1) is 16.3. The van der Waals surface area contributed by atoms with Crippen molar-refractivity contribution in [1.29, 1.82) is 0 Å². The van der Waals surface area contributed by atoms with E-state index in [0.29, 0.717) is 0 Å². The Kier molecular flexibility index (Phi) is 7.19. The van der Waals surface area contributed by atoms with Crippen LogP contribution in [0, 0.1) is 0 Å². The smallest absolute Gasteiger partial charge is 0.191 e. The molecule has 1 aromatic rings. The van der Waals surface area contributed by atoms with Gasteiger partial charge in [0.2, 0.25) is 0 Å². The second kappa shape index (κ2) is 8.39. The van der Waals surface area contributed by atoms with Crippen molar-refractivity contribution in [2.75, 3.05) is 19.6 Å². The van der Waals surface area contributed by atoms with Crippen LogP contribution in [-0.2, 0) is 13.5 Å². The van der Waals surface area contributed by atoms with Gasteiger partial charge in [0.15, 0.2) is 5.96 Å². The fourth-order valence-corrected chi connectivity index (χ4v) is 2.30. The number of hydrogen-bond donors (Lipinski definition) is 1. The van der Waals surface area contributed by atoms with Crippen LogP contribution in [0.1, 0.15) is 31.2 Å². The number of aliphatic imine (C=N–C) groups is 1. The average molecular weight is 377 g/mol. The zero-order valence-electron chi connectivity index (χ0n) is 11.6. The maximum Gasteiger partial charge on any atom is 0.191 e. The molecule has 1 saturated heterocycles. The lowest BCUT2D eigenvalue weighted by Gasteiger charge is -2.27. The molecule has 0 atom stereocenters. The molecule has 6 heteroatoms. The van der Waals surface area contributed by atoms with Gasteiger partial charge in [-0.15, -0.1) is 24.0 Å². The Morgan fingerprint density at radius 2 is 2.11 bits per heavy atom. The highest BCUT2D eigenvalue weighted by atomic mass is 127. The Bertz CT molecular complexity index is 395. The van der Waals surface area contributed by atoms with Crippen molar-refractivity contribution >= 4 is 29.9 Å². The number of nitrogens with zero attached hydrogens (tertiary/aromatic N) is 4. The first-order chi connectivity index (χ1) is 8.75. The molecule has 1 aliphatic rings. The van der Waals surface area contributed by atoms with Crippen molar-refractivity contribution in [3.8, 4) is 0 Å². The molecule has 108 valence electrons. The van der Waals surface area contributed by atoms with E-state index in [0.717, 1.165) is 38.4 Å². The molecule has 1 fully saturated rings. The summed E-state index contributed by atoms with van der Waals surface area (Å²) < 4.78 is 1.83. The summed E-state index contributed by atoms with van der Waals surface area (Å²) in [5.41, 5.74) is 7.26. The Hall–Kier alpha value is -0.790. The molecule has 2 N–H and O–H groups in total. The lowest BCUT2D eigenvalue weighted by Crippen LogP contribution is -2.40. The van der Waals surface area contributed by atoms with E-state index in [4.69, 9.17) is 5.73 Å². The summed E-state index contributed by atoms with van der Waals surface area (Å²) in [5, 5.41) is 4.15. The van der Waals surface area contributed by atoms with E-state index in [2.05, 4.69) is 21.2 Å². The number of aromatic nitrogens is 2. The molecule has 2 heterocycles. The Morgan fingerprint density at radius 3 is 2.74 bits per heavy atom. The van der Waals surface area contributed by atoms with Gasteiger partial charge < -0.3 is 10.6 Å². The quantitative estimate of drug-likeness (QED) is 0.377. The van der Waals surface area contributed by atoms with Crippen LogP contribution in [0.15, 0.2) is 17.4 Å². The van der Waals surface area contributed by atoms with Crippen molar-refractivity contribution in [3.05, 3.63) is 18.0 Å². The first-order valence-electron chi connectivity index (χ1n) is 6.78. The SMILES string of the molecule is Cn1cc(CCCN=C(N)N2CCCCC2)cn1.I. The number of nitrogens with two attached hydrogens (primary N) is 1. The summed E-state index contributed by atoms with van der Waals surface area (Å²) in [6.07, 6.45) is 9.82. The zero-order chi connectivity index (χ0) is 12.8. The molecule has 0 radical (unpaired) electrons. The molecule has 0 spiro atoms. The Morgan fingerprint density at radius 1 is 1.37 bits per heavy atom. The van der Waals surface area contributed by atoms with Crippen molar-refractivity contribution in [3.63, 3.8) is 0 Å². The van der Waals surface area contributed by atoms with Crippen LogP contribution in [0.2, 0.25) is 0 Å². The molecular formula is C13H24IN5. The highest BCUT2D eigenvalue weighted by molar-refractivity contribution is 14.0. The monoisotopic (exact) mass is 377 g/mol. The van der Waals surface area contributed by atoms with Crippen LogP contribution in [0.4, 0.5) is 0 Å². The summed E-state index contributed by atoms with van der Waals surface area (Å²) in [6, 6.07) is 0. The molecule has 1 aliphatic heterocycles. The highest BCUT2D eigenvalue weighted by Crippen LogP contribution is 2.08. The van der Waals surface area contributed by atoms with Gasteiger partial charge in [0.25, 0.3) is 0 Å². The molecule has 0 bridgehead atoms. The number of rotatable bonds is 4. The number of aryl methyl sites for hydroxylation is 2. The predicted octanol–water partition coefficient (Wildman–Crippen LogP) is 1.77. The molecule has 19 heavy (non-hydrogen) atoms. The summed E-state index contributed by atoms with van der Waals surface area (Å²) in [6.45, 7) is 2.94. The largest absolute Gasteiger partial charge is 0.370 e. The van der Waals surface area contributed by atoms with Crippen molar-refractivity contribution in [1.82, 2.24) is 14.7 Å². The van der Waals surface area contributed by atoms with Crippen LogP contribution >= 0.6 is 24.0 Å². The third-order valence-corrected chi connectivity index (χ3v) is 3.34. The highest BCUT2D eigenvalue weighted by Gasteiger charge is 2.11. The first-order valence-corrected chi connectivity index (χ1v) is 6.78. The van der Waals surface area contributed by atoms with E-state index in [1.54, 1.807) is 0 Å². The lowest BCUT2D eigenvalue weighted by molar-refractivity contribution is 0.338. The van der Waals surface area contributed by atoms with Crippen LogP contribution in [0.25, 0.3) is 0 Å². The molecule has 1 aromatic heterocycles. The maximum absolute atomic E-state index is 5.99. The summed E-state index contributed by atoms with van der Waals surface area (Å²) in [5.74, 6) is 0.723.